The van der Waals surface area contributed by atoms with E-state index in [0.717, 1.165) is 0 Å². The summed E-state index contributed by atoms with van der Waals surface area (Å²) in [4.78, 5) is 22.9. The molecule has 3 rings (SSSR count). The molecule has 0 radical (unpaired) electrons. The highest BCUT2D eigenvalue weighted by molar-refractivity contribution is 8.00. The number of aromatic nitrogens is 1. The Morgan fingerprint density at radius 3 is 2.92 bits per heavy atom. The molecule has 10 heteroatoms. The highest BCUT2D eigenvalue weighted by atomic mass is 32.2. The normalized spacial score (nSPS) is 18.7. The third kappa shape index (κ3) is 3.46. The van der Waals surface area contributed by atoms with E-state index in [-0.39, 0.29) is 21.9 Å². The van der Waals surface area contributed by atoms with Gasteiger partial charge in [0.15, 0.2) is 5.58 Å². The number of carbonyl (C=O) groups is 1. The number of hydrogen-bond acceptors (Lipinski definition) is 7. The molecule has 0 saturated carbocycles. The minimum Gasteiger partial charge on any atom is -0.468 e. The Morgan fingerprint density at radius 1 is 1.44 bits per heavy atom. The number of oxazole rings is 1. The zero-order valence-electron chi connectivity index (χ0n) is 13.8. The van der Waals surface area contributed by atoms with Crippen molar-refractivity contribution in [1.29, 1.82) is 0 Å². The van der Waals surface area contributed by atoms with Gasteiger partial charge in [0.2, 0.25) is 10.0 Å². The molecular weight excluding hydrogens is 368 g/mol. The molecule has 0 spiro atoms. The number of nitrogens with zero attached hydrogens (tertiary/aromatic N) is 2. The van der Waals surface area contributed by atoms with Gasteiger partial charge in [-0.2, -0.15) is 4.31 Å². The zero-order valence-corrected chi connectivity index (χ0v) is 15.4. The molecule has 2 aromatic rings. The van der Waals surface area contributed by atoms with Crippen molar-refractivity contribution in [2.45, 2.75) is 16.6 Å². The number of sulfonamides is 1. The molecule has 1 fully saturated rings. The van der Waals surface area contributed by atoms with Gasteiger partial charge in [-0.15, -0.1) is 11.8 Å². The summed E-state index contributed by atoms with van der Waals surface area (Å²) in [5, 5.41) is 0.0517. The van der Waals surface area contributed by atoms with Crippen LogP contribution in [0.4, 0.5) is 0 Å². The maximum atomic E-state index is 12.8. The average Bonchev–Trinajstić information content (AvgIpc) is 3.18. The number of esters is 1. The first kappa shape index (κ1) is 18.0. The van der Waals surface area contributed by atoms with Crippen LogP contribution in [0.3, 0.4) is 0 Å². The monoisotopic (exact) mass is 386 g/mol. The Kier molecular flexibility index (Phi) is 4.94. The lowest BCUT2D eigenvalue weighted by atomic mass is 10.3. The van der Waals surface area contributed by atoms with Gasteiger partial charge in [0.05, 0.1) is 23.3 Å². The van der Waals surface area contributed by atoms with Crippen molar-refractivity contribution >= 4 is 38.9 Å². The SMILES string of the molecule is COC(=O)CSC1CCN(S(=O)(=O)c2ccc3oc(=O)n(C)c3c2)C1. The van der Waals surface area contributed by atoms with Crippen molar-refractivity contribution in [1.82, 2.24) is 8.87 Å². The standard InChI is InChI=1S/C15H18N2O6S2/c1-16-12-7-11(3-4-13(12)23-15(16)19)25(20,21)17-6-5-10(8-17)24-9-14(18)22-2/h3-4,7,10H,5-6,8-9H2,1-2H3. The molecule has 0 N–H and O–H groups in total. The van der Waals surface area contributed by atoms with E-state index in [1.807, 2.05) is 0 Å². The fourth-order valence-corrected chi connectivity index (χ4v) is 5.37. The second-order valence-electron chi connectivity index (χ2n) is 5.72. The summed E-state index contributed by atoms with van der Waals surface area (Å²) >= 11 is 1.40. The maximum absolute atomic E-state index is 12.8. The summed E-state index contributed by atoms with van der Waals surface area (Å²) < 4.78 is 38.0. The van der Waals surface area contributed by atoms with E-state index < -0.39 is 15.8 Å². The maximum Gasteiger partial charge on any atom is 0.419 e. The number of fused-ring (bicyclic) bond motifs is 1. The molecule has 1 aromatic heterocycles. The molecule has 1 aliphatic rings. The number of thioether (sulfide) groups is 1. The largest absolute Gasteiger partial charge is 0.468 e. The number of rotatable bonds is 5. The Balaban J connectivity index is 1.79. The molecule has 25 heavy (non-hydrogen) atoms. The number of methoxy groups -OCH3 is 1. The summed E-state index contributed by atoms with van der Waals surface area (Å²) in [6.07, 6.45) is 0.674. The number of carbonyl (C=O) groups excluding carboxylic acids is 1. The predicted molar refractivity (Wildman–Crippen MR) is 93.1 cm³/mol. The van der Waals surface area contributed by atoms with E-state index in [1.165, 1.54) is 53.0 Å². The minimum atomic E-state index is -3.67. The van der Waals surface area contributed by atoms with Crippen LogP contribution in [0.15, 0.2) is 32.3 Å². The van der Waals surface area contributed by atoms with Crippen molar-refractivity contribution < 1.29 is 22.4 Å². The van der Waals surface area contributed by atoms with Crippen LogP contribution in [0.1, 0.15) is 6.42 Å². The van der Waals surface area contributed by atoms with Crippen LogP contribution in [0.25, 0.3) is 11.1 Å². The summed E-state index contributed by atoms with van der Waals surface area (Å²) in [5.74, 6) is -0.652. The second-order valence-corrected chi connectivity index (χ2v) is 8.94. The van der Waals surface area contributed by atoms with E-state index in [2.05, 4.69) is 4.74 Å². The first-order chi connectivity index (χ1) is 11.8. The Labute approximate surface area is 148 Å². The van der Waals surface area contributed by atoms with Crippen LogP contribution in [0, 0.1) is 0 Å². The molecule has 2 heterocycles. The van der Waals surface area contributed by atoms with Gasteiger partial charge in [-0.05, 0) is 24.6 Å². The van der Waals surface area contributed by atoms with E-state index >= 15 is 0 Å². The predicted octanol–water partition coefficient (Wildman–Crippen LogP) is 0.801. The lowest BCUT2D eigenvalue weighted by molar-refractivity contribution is -0.137. The van der Waals surface area contributed by atoms with Crippen LogP contribution >= 0.6 is 11.8 Å². The Morgan fingerprint density at radius 2 is 2.20 bits per heavy atom. The Hall–Kier alpha value is -1.78. The molecule has 8 nitrogen and oxygen atoms in total. The first-order valence-corrected chi connectivity index (χ1v) is 10.1. The average molecular weight is 386 g/mol. The minimum absolute atomic E-state index is 0.0517. The van der Waals surface area contributed by atoms with Crippen molar-refractivity contribution in [2.24, 2.45) is 7.05 Å². The lowest BCUT2D eigenvalue weighted by Gasteiger charge is -2.16. The van der Waals surface area contributed by atoms with Crippen LogP contribution in [0.2, 0.25) is 0 Å². The molecule has 0 bridgehead atoms. The number of ether oxygens (including phenoxy) is 1. The fraction of sp³-hybridized carbons (Fsp3) is 0.467. The van der Waals surface area contributed by atoms with Gasteiger partial charge in [0, 0.05) is 25.4 Å². The van der Waals surface area contributed by atoms with Crippen LogP contribution in [-0.2, 0) is 26.6 Å². The van der Waals surface area contributed by atoms with E-state index in [0.29, 0.717) is 30.6 Å². The third-order valence-electron chi connectivity index (χ3n) is 4.17. The van der Waals surface area contributed by atoms with Gasteiger partial charge < -0.3 is 9.15 Å². The van der Waals surface area contributed by atoms with Crippen LogP contribution in [-0.4, -0.2) is 54.5 Å². The quantitative estimate of drug-likeness (QED) is 0.701. The van der Waals surface area contributed by atoms with Crippen LogP contribution < -0.4 is 5.76 Å². The Bertz CT molecular complexity index is 962. The van der Waals surface area contributed by atoms with Crippen molar-refractivity contribution in [3.05, 3.63) is 28.7 Å². The van der Waals surface area contributed by atoms with Crippen LogP contribution in [0.5, 0.6) is 0 Å². The molecule has 1 unspecified atom stereocenters. The topological polar surface area (TPSA) is 98.8 Å². The number of hydrogen-bond donors (Lipinski definition) is 0. The van der Waals surface area contributed by atoms with Crippen molar-refractivity contribution in [3.63, 3.8) is 0 Å². The van der Waals surface area contributed by atoms with Gasteiger partial charge >= 0.3 is 11.7 Å². The van der Waals surface area contributed by atoms with E-state index in [1.54, 1.807) is 0 Å². The molecule has 1 atom stereocenters. The molecule has 1 saturated heterocycles. The van der Waals surface area contributed by atoms with Crippen molar-refractivity contribution in [2.75, 3.05) is 26.0 Å². The number of aryl methyl sites for hydroxylation is 1. The molecule has 0 amide bonds. The molecule has 136 valence electrons. The van der Waals surface area contributed by atoms with Gasteiger partial charge in [0.1, 0.15) is 0 Å². The summed E-state index contributed by atoms with van der Waals surface area (Å²) in [7, 11) is -0.813. The summed E-state index contributed by atoms with van der Waals surface area (Å²) in [6.45, 7) is 0.732. The van der Waals surface area contributed by atoms with Gasteiger partial charge in [-0.1, -0.05) is 0 Å². The fourth-order valence-electron chi connectivity index (χ4n) is 2.71. The van der Waals surface area contributed by atoms with Gasteiger partial charge in [0.25, 0.3) is 0 Å². The summed E-state index contributed by atoms with van der Waals surface area (Å²) in [5.41, 5.74) is 0.779. The lowest BCUT2D eigenvalue weighted by Crippen LogP contribution is -2.29. The second kappa shape index (κ2) is 6.85. The van der Waals surface area contributed by atoms with Gasteiger partial charge in [-0.25, -0.2) is 13.2 Å². The number of benzene rings is 1. The molecule has 1 aromatic carbocycles. The van der Waals surface area contributed by atoms with Gasteiger partial charge in [-0.3, -0.25) is 9.36 Å². The molecular formula is C15H18N2O6S2. The highest BCUT2D eigenvalue weighted by Crippen LogP contribution is 2.28. The molecule has 1 aliphatic heterocycles. The zero-order chi connectivity index (χ0) is 18.2. The molecule has 0 aliphatic carbocycles. The first-order valence-electron chi connectivity index (χ1n) is 7.61. The van der Waals surface area contributed by atoms with Crippen molar-refractivity contribution in [3.8, 4) is 0 Å². The van der Waals surface area contributed by atoms with E-state index in [9.17, 15) is 18.0 Å². The summed E-state index contributed by atoms with van der Waals surface area (Å²) in [6, 6.07) is 4.38. The third-order valence-corrected chi connectivity index (χ3v) is 7.29. The highest BCUT2D eigenvalue weighted by Gasteiger charge is 2.33. The van der Waals surface area contributed by atoms with E-state index in [4.69, 9.17) is 4.42 Å². The smallest absolute Gasteiger partial charge is 0.419 e.